The number of carbonyl (C=O) groups is 2. The monoisotopic (exact) mass is 209 g/mol. The quantitative estimate of drug-likeness (QED) is 0.657. The third-order valence-corrected chi connectivity index (χ3v) is 3.09. The Bertz CT molecular complexity index is 550. The molecule has 0 amide bonds. The minimum absolute atomic E-state index is 0.0158. The molecule has 0 aliphatic heterocycles. The van der Waals surface area contributed by atoms with Crippen LogP contribution in [0, 0.1) is 12.0 Å². The lowest BCUT2D eigenvalue weighted by Gasteiger charge is -2.25. The molecule has 1 unspecified atom stereocenters. The molecule has 0 saturated carbocycles. The Labute approximate surface area is 93.3 Å². The number of Topliss-reactive ketones (excluding diaryl/α,β-unsaturated/α-hetero) is 2. The van der Waals surface area contributed by atoms with Gasteiger partial charge in [-0.3, -0.25) is 9.59 Å². The fraction of sp³-hybridized carbons (Fsp3) is 0.143. The standard InChI is InChI=1S/C14H9O2/c15-13-9-5-1-2-6-10(9)14(16)12-8-4-3-7-11(12)13/h1-3,5-7,12H,8H2. The normalized spacial score (nSPS) is 22.5. The first-order chi connectivity index (χ1) is 7.79. The summed E-state index contributed by atoms with van der Waals surface area (Å²) >= 11 is 0. The number of allylic oxidation sites excluding steroid dienone is 4. The van der Waals surface area contributed by atoms with Gasteiger partial charge < -0.3 is 0 Å². The molecule has 0 aromatic heterocycles. The number of carbonyl (C=O) groups excluding carboxylic acids is 2. The van der Waals surface area contributed by atoms with Crippen LogP contribution in [0.5, 0.6) is 0 Å². The van der Waals surface area contributed by atoms with E-state index in [0.29, 0.717) is 23.1 Å². The summed E-state index contributed by atoms with van der Waals surface area (Å²) < 4.78 is 0. The SMILES string of the molecule is O=C1C2=CC=[C]CC2C(=O)c2ccccc21. The maximum Gasteiger partial charge on any atom is 0.190 e. The Morgan fingerprint density at radius 2 is 1.88 bits per heavy atom. The summed E-state index contributed by atoms with van der Waals surface area (Å²) in [6, 6.07) is 7.02. The minimum Gasteiger partial charge on any atom is -0.293 e. The van der Waals surface area contributed by atoms with Crippen LogP contribution in [0.2, 0.25) is 0 Å². The summed E-state index contributed by atoms with van der Waals surface area (Å²) in [5.74, 6) is -0.285. The summed E-state index contributed by atoms with van der Waals surface area (Å²) in [4.78, 5) is 24.3. The van der Waals surface area contributed by atoms with Crippen LogP contribution >= 0.6 is 0 Å². The number of rotatable bonds is 0. The van der Waals surface area contributed by atoms with E-state index in [0.717, 1.165) is 0 Å². The second kappa shape index (κ2) is 3.27. The van der Waals surface area contributed by atoms with E-state index in [1.165, 1.54) is 0 Å². The van der Waals surface area contributed by atoms with Gasteiger partial charge in [0, 0.05) is 16.7 Å². The molecule has 1 atom stereocenters. The zero-order valence-electron chi connectivity index (χ0n) is 8.57. The van der Waals surface area contributed by atoms with Gasteiger partial charge in [0.15, 0.2) is 11.6 Å². The fourth-order valence-electron chi connectivity index (χ4n) is 2.27. The van der Waals surface area contributed by atoms with Crippen LogP contribution in [0.1, 0.15) is 27.1 Å². The third-order valence-electron chi connectivity index (χ3n) is 3.09. The molecule has 1 radical (unpaired) electrons. The summed E-state index contributed by atoms with van der Waals surface area (Å²) in [5.41, 5.74) is 1.70. The zero-order valence-corrected chi connectivity index (χ0v) is 8.57. The smallest absolute Gasteiger partial charge is 0.190 e. The van der Waals surface area contributed by atoms with Gasteiger partial charge in [0.1, 0.15) is 0 Å². The van der Waals surface area contributed by atoms with E-state index < -0.39 is 0 Å². The van der Waals surface area contributed by atoms with Crippen molar-refractivity contribution in [2.75, 3.05) is 0 Å². The number of fused-ring (bicyclic) bond motifs is 2. The molecule has 2 aliphatic carbocycles. The van der Waals surface area contributed by atoms with Crippen molar-refractivity contribution < 1.29 is 9.59 Å². The van der Waals surface area contributed by atoms with Crippen LogP contribution in [0.15, 0.2) is 42.0 Å². The van der Waals surface area contributed by atoms with E-state index in [-0.39, 0.29) is 17.5 Å². The maximum atomic E-state index is 12.1. The lowest BCUT2D eigenvalue weighted by atomic mass is 9.75. The molecule has 0 bridgehead atoms. The molecule has 2 aliphatic rings. The van der Waals surface area contributed by atoms with Crippen molar-refractivity contribution in [3.63, 3.8) is 0 Å². The van der Waals surface area contributed by atoms with Crippen molar-refractivity contribution in [3.05, 3.63) is 59.2 Å². The van der Waals surface area contributed by atoms with Crippen molar-refractivity contribution >= 4 is 11.6 Å². The Kier molecular flexibility index (Phi) is 1.90. The first kappa shape index (κ1) is 9.28. The van der Waals surface area contributed by atoms with Gasteiger partial charge in [-0.25, -0.2) is 0 Å². The van der Waals surface area contributed by atoms with Gasteiger partial charge in [-0.15, -0.1) is 0 Å². The van der Waals surface area contributed by atoms with E-state index in [4.69, 9.17) is 0 Å². The average Bonchev–Trinajstić information content (AvgIpc) is 2.36. The van der Waals surface area contributed by atoms with Crippen LogP contribution < -0.4 is 0 Å². The van der Waals surface area contributed by atoms with Crippen LogP contribution in [0.25, 0.3) is 0 Å². The molecule has 1 aromatic rings. The Balaban J connectivity index is 2.24. The van der Waals surface area contributed by atoms with Gasteiger partial charge in [0.25, 0.3) is 0 Å². The number of ketones is 2. The average molecular weight is 209 g/mol. The van der Waals surface area contributed by atoms with Gasteiger partial charge in [0.05, 0.1) is 5.92 Å². The van der Waals surface area contributed by atoms with Crippen molar-refractivity contribution in [2.45, 2.75) is 6.42 Å². The van der Waals surface area contributed by atoms with Crippen LogP contribution in [0.3, 0.4) is 0 Å². The molecule has 77 valence electrons. The summed E-state index contributed by atoms with van der Waals surface area (Å²) in [5, 5.41) is 0. The van der Waals surface area contributed by atoms with Crippen LogP contribution in [-0.4, -0.2) is 11.6 Å². The molecule has 16 heavy (non-hydrogen) atoms. The zero-order chi connectivity index (χ0) is 11.1. The van der Waals surface area contributed by atoms with Crippen molar-refractivity contribution in [1.29, 1.82) is 0 Å². The molecule has 0 saturated heterocycles. The summed E-state index contributed by atoms with van der Waals surface area (Å²) in [7, 11) is 0. The molecule has 2 heteroatoms. The highest BCUT2D eigenvalue weighted by atomic mass is 16.1. The Hall–Kier alpha value is -1.96. The molecule has 0 heterocycles. The molecule has 1 aromatic carbocycles. The molecule has 2 nitrogen and oxygen atoms in total. The second-order valence-corrected chi connectivity index (χ2v) is 3.99. The van der Waals surface area contributed by atoms with Gasteiger partial charge >= 0.3 is 0 Å². The number of hydrogen-bond acceptors (Lipinski definition) is 2. The van der Waals surface area contributed by atoms with Gasteiger partial charge in [-0.1, -0.05) is 36.4 Å². The highest BCUT2D eigenvalue weighted by Gasteiger charge is 2.36. The molecule has 0 N–H and O–H groups in total. The molecular formula is C14H9O2. The lowest BCUT2D eigenvalue weighted by Crippen LogP contribution is -2.30. The Morgan fingerprint density at radius 1 is 1.12 bits per heavy atom. The number of benzene rings is 1. The van der Waals surface area contributed by atoms with E-state index in [9.17, 15) is 9.59 Å². The van der Waals surface area contributed by atoms with E-state index in [1.807, 2.05) is 0 Å². The Morgan fingerprint density at radius 3 is 2.69 bits per heavy atom. The summed E-state index contributed by atoms with van der Waals surface area (Å²) in [6.45, 7) is 0. The summed E-state index contributed by atoms with van der Waals surface area (Å²) in [6.07, 6.45) is 6.95. The van der Waals surface area contributed by atoms with Gasteiger partial charge in [0.2, 0.25) is 0 Å². The lowest BCUT2D eigenvalue weighted by molar-refractivity contribution is 0.0881. The van der Waals surface area contributed by atoms with Crippen LogP contribution in [-0.2, 0) is 0 Å². The molecule has 0 fully saturated rings. The van der Waals surface area contributed by atoms with Gasteiger partial charge in [-0.05, 0) is 12.5 Å². The highest BCUT2D eigenvalue weighted by Crippen LogP contribution is 2.33. The fourth-order valence-corrected chi connectivity index (χ4v) is 2.27. The van der Waals surface area contributed by atoms with Crippen molar-refractivity contribution in [2.24, 2.45) is 5.92 Å². The predicted octanol–water partition coefficient (Wildman–Crippen LogP) is 2.37. The van der Waals surface area contributed by atoms with E-state index in [2.05, 4.69) is 6.08 Å². The molecular weight excluding hydrogens is 200 g/mol. The molecule has 0 spiro atoms. The van der Waals surface area contributed by atoms with Gasteiger partial charge in [-0.2, -0.15) is 0 Å². The number of hydrogen-bond donors (Lipinski definition) is 0. The first-order valence-electron chi connectivity index (χ1n) is 5.24. The predicted molar refractivity (Wildman–Crippen MR) is 59.1 cm³/mol. The highest BCUT2D eigenvalue weighted by molar-refractivity contribution is 6.23. The van der Waals surface area contributed by atoms with Crippen LogP contribution in [0.4, 0.5) is 0 Å². The third kappa shape index (κ3) is 1.13. The largest absolute Gasteiger partial charge is 0.293 e. The van der Waals surface area contributed by atoms with E-state index >= 15 is 0 Å². The first-order valence-corrected chi connectivity index (χ1v) is 5.24. The topological polar surface area (TPSA) is 34.1 Å². The van der Waals surface area contributed by atoms with Crippen molar-refractivity contribution in [3.8, 4) is 0 Å². The minimum atomic E-state index is -0.313. The van der Waals surface area contributed by atoms with Crippen molar-refractivity contribution in [1.82, 2.24) is 0 Å². The maximum absolute atomic E-state index is 12.1. The second-order valence-electron chi connectivity index (χ2n) is 3.99. The van der Waals surface area contributed by atoms with E-state index in [1.54, 1.807) is 36.4 Å². The molecule has 3 rings (SSSR count).